The highest BCUT2D eigenvalue weighted by molar-refractivity contribution is 5.94. The van der Waals surface area contributed by atoms with E-state index in [-0.39, 0.29) is 5.91 Å². The van der Waals surface area contributed by atoms with Gasteiger partial charge in [0, 0.05) is 24.7 Å². The van der Waals surface area contributed by atoms with Crippen LogP contribution >= 0.6 is 0 Å². The van der Waals surface area contributed by atoms with Crippen LogP contribution in [0.5, 0.6) is 11.5 Å². The van der Waals surface area contributed by atoms with Gasteiger partial charge in [0.05, 0.1) is 25.6 Å². The standard InChI is InChI=1S/C27H34N4O3/c1-20-7-4-5-17-30(20)18-6-16-28-27(32)26-19-25(21-8-12-23(33-2)13-9-21)29-31(26)22-10-14-24(34-3)15-11-22/h8-15,19-20H,4-7,16-18H2,1-3H3,(H,28,32). The number of piperidine rings is 1. The molecule has 180 valence electrons. The second-order valence-electron chi connectivity index (χ2n) is 8.74. The number of methoxy groups -OCH3 is 2. The van der Waals surface area contributed by atoms with E-state index >= 15 is 0 Å². The van der Waals surface area contributed by atoms with E-state index in [1.807, 2.05) is 54.6 Å². The summed E-state index contributed by atoms with van der Waals surface area (Å²) in [6.07, 6.45) is 4.78. The van der Waals surface area contributed by atoms with Crippen LogP contribution in [-0.2, 0) is 0 Å². The summed E-state index contributed by atoms with van der Waals surface area (Å²) in [6, 6.07) is 17.7. The molecule has 1 amide bonds. The predicted octanol–water partition coefficient (Wildman–Crippen LogP) is 4.55. The van der Waals surface area contributed by atoms with Crippen LogP contribution in [0.15, 0.2) is 54.6 Å². The largest absolute Gasteiger partial charge is 0.497 e. The molecule has 7 heteroatoms. The van der Waals surface area contributed by atoms with Crippen LogP contribution in [0.3, 0.4) is 0 Å². The molecule has 2 heterocycles. The van der Waals surface area contributed by atoms with E-state index in [4.69, 9.17) is 14.6 Å². The number of hydrogen-bond donors (Lipinski definition) is 1. The van der Waals surface area contributed by atoms with E-state index in [1.54, 1.807) is 18.9 Å². The molecule has 1 N–H and O–H groups in total. The lowest BCUT2D eigenvalue weighted by atomic mass is 10.0. The average Bonchev–Trinajstić information content (AvgIpc) is 3.33. The lowest BCUT2D eigenvalue weighted by molar-refractivity contribution is 0.0941. The number of carbonyl (C=O) groups is 1. The molecule has 0 radical (unpaired) electrons. The third-order valence-corrected chi connectivity index (χ3v) is 6.49. The Labute approximate surface area is 201 Å². The number of amides is 1. The van der Waals surface area contributed by atoms with Crippen LogP contribution in [0.4, 0.5) is 0 Å². The van der Waals surface area contributed by atoms with E-state index < -0.39 is 0 Å². The van der Waals surface area contributed by atoms with E-state index in [2.05, 4.69) is 17.1 Å². The van der Waals surface area contributed by atoms with Gasteiger partial charge >= 0.3 is 0 Å². The number of benzene rings is 2. The summed E-state index contributed by atoms with van der Waals surface area (Å²) in [5.41, 5.74) is 2.95. The molecule has 2 aromatic carbocycles. The van der Waals surface area contributed by atoms with E-state index in [0.717, 1.165) is 48.0 Å². The molecular formula is C27H34N4O3. The lowest BCUT2D eigenvalue weighted by Gasteiger charge is -2.33. The fourth-order valence-corrected chi connectivity index (χ4v) is 4.43. The average molecular weight is 463 g/mol. The number of rotatable bonds is 9. The van der Waals surface area contributed by atoms with Gasteiger partial charge in [-0.25, -0.2) is 4.68 Å². The number of nitrogens with one attached hydrogen (secondary N) is 1. The monoisotopic (exact) mass is 462 g/mol. The van der Waals surface area contributed by atoms with Gasteiger partial charge in [-0.3, -0.25) is 4.79 Å². The van der Waals surface area contributed by atoms with Crippen LogP contribution in [0.2, 0.25) is 0 Å². The summed E-state index contributed by atoms with van der Waals surface area (Å²) in [5.74, 6) is 1.40. The first-order valence-corrected chi connectivity index (χ1v) is 12.0. The second kappa shape index (κ2) is 11.2. The molecule has 3 aromatic rings. The van der Waals surface area contributed by atoms with Crippen molar-refractivity contribution in [2.24, 2.45) is 0 Å². The van der Waals surface area contributed by atoms with Gasteiger partial charge in [-0.05, 0) is 87.3 Å². The number of likely N-dealkylation sites (tertiary alicyclic amines) is 1. The maximum atomic E-state index is 13.2. The van der Waals surface area contributed by atoms with Gasteiger partial charge in [0.15, 0.2) is 0 Å². The van der Waals surface area contributed by atoms with Crippen molar-refractivity contribution >= 4 is 5.91 Å². The van der Waals surface area contributed by atoms with Crippen molar-refractivity contribution in [2.75, 3.05) is 33.9 Å². The summed E-state index contributed by atoms with van der Waals surface area (Å²) >= 11 is 0. The van der Waals surface area contributed by atoms with Crippen molar-refractivity contribution in [1.29, 1.82) is 0 Å². The van der Waals surface area contributed by atoms with Gasteiger partial charge < -0.3 is 19.7 Å². The molecule has 1 atom stereocenters. The topological polar surface area (TPSA) is 68.6 Å². The quantitative estimate of drug-likeness (QED) is 0.473. The minimum Gasteiger partial charge on any atom is -0.497 e. The van der Waals surface area contributed by atoms with Gasteiger partial charge in [0.2, 0.25) is 0 Å². The van der Waals surface area contributed by atoms with Gasteiger partial charge in [-0.1, -0.05) is 6.42 Å². The van der Waals surface area contributed by atoms with Gasteiger partial charge in [0.1, 0.15) is 17.2 Å². The van der Waals surface area contributed by atoms with E-state index in [9.17, 15) is 4.79 Å². The molecule has 1 aliphatic heterocycles. The SMILES string of the molecule is COc1ccc(-c2cc(C(=O)NCCCN3CCCCC3C)n(-c3ccc(OC)cc3)n2)cc1. The molecule has 1 saturated heterocycles. The lowest BCUT2D eigenvalue weighted by Crippen LogP contribution is -2.39. The maximum Gasteiger partial charge on any atom is 0.270 e. The van der Waals surface area contributed by atoms with Crippen molar-refractivity contribution in [3.63, 3.8) is 0 Å². The first-order chi connectivity index (χ1) is 16.6. The number of carbonyl (C=O) groups excluding carboxylic acids is 1. The maximum absolute atomic E-state index is 13.2. The Morgan fingerprint density at radius 1 is 1.03 bits per heavy atom. The smallest absolute Gasteiger partial charge is 0.270 e. The van der Waals surface area contributed by atoms with Crippen molar-refractivity contribution in [3.05, 3.63) is 60.3 Å². The Hall–Kier alpha value is -3.32. The summed E-state index contributed by atoms with van der Waals surface area (Å²) in [6.45, 7) is 5.10. The van der Waals surface area contributed by atoms with Crippen molar-refractivity contribution in [2.45, 2.75) is 38.6 Å². The molecular weight excluding hydrogens is 428 g/mol. The number of nitrogens with zero attached hydrogens (tertiary/aromatic N) is 3. The fourth-order valence-electron chi connectivity index (χ4n) is 4.43. The zero-order chi connectivity index (χ0) is 23.9. The molecule has 0 saturated carbocycles. The highest BCUT2D eigenvalue weighted by atomic mass is 16.5. The number of aromatic nitrogens is 2. The molecule has 1 fully saturated rings. The van der Waals surface area contributed by atoms with Crippen LogP contribution in [0.25, 0.3) is 16.9 Å². The third-order valence-electron chi connectivity index (χ3n) is 6.49. The Balaban J connectivity index is 1.51. The molecule has 1 aromatic heterocycles. The van der Waals surface area contributed by atoms with Crippen LogP contribution in [0, 0.1) is 0 Å². The van der Waals surface area contributed by atoms with Crippen molar-refractivity contribution in [1.82, 2.24) is 20.0 Å². The van der Waals surface area contributed by atoms with Gasteiger partial charge in [0.25, 0.3) is 5.91 Å². The van der Waals surface area contributed by atoms with Crippen LogP contribution < -0.4 is 14.8 Å². The molecule has 1 unspecified atom stereocenters. The zero-order valence-corrected chi connectivity index (χ0v) is 20.3. The van der Waals surface area contributed by atoms with Crippen molar-refractivity contribution in [3.8, 4) is 28.4 Å². The van der Waals surface area contributed by atoms with Crippen LogP contribution in [0.1, 0.15) is 43.1 Å². The second-order valence-corrected chi connectivity index (χ2v) is 8.74. The summed E-state index contributed by atoms with van der Waals surface area (Å²) in [7, 11) is 3.27. The van der Waals surface area contributed by atoms with E-state index in [1.165, 1.54) is 19.3 Å². The summed E-state index contributed by atoms with van der Waals surface area (Å²) < 4.78 is 12.2. The molecule has 0 spiro atoms. The number of hydrogen-bond acceptors (Lipinski definition) is 5. The normalized spacial score (nSPS) is 16.3. The van der Waals surface area contributed by atoms with Gasteiger partial charge in [-0.2, -0.15) is 5.10 Å². The third kappa shape index (κ3) is 5.59. The molecule has 7 nitrogen and oxygen atoms in total. The highest BCUT2D eigenvalue weighted by Gasteiger charge is 2.19. The fraction of sp³-hybridized carbons (Fsp3) is 0.407. The first kappa shape index (κ1) is 23.8. The van der Waals surface area contributed by atoms with Gasteiger partial charge in [-0.15, -0.1) is 0 Å². The Morgan fingerprint density at radius 3 is 2.35 bits per heavy atom. The molecule has 1 aliphatic rings. The Kier molecular flexibility index (Phi) is 7.85. The minimum absolute atomic E-state index is 0.130. The molecule has 34 heavy (non-hydrogen) atoms. The molecule has 0 aliphatic carbocycles. The van der Waals surface area contributed by atoms with Crippen LogP contribution in [-0.4, -0.2) is 60.5 Å². The molecule has 4 rings (SSSR count). The predicted molar refractivity (Wildman–Crippen MR) is 134 cm³/mol. The summed E-state index contributed by atoms with van der Waals surface area (Å²) in [5, 5.41) is 7.86. The summed E-state index contributed by atoms with van der Waals surface area (Å²) in [4.78, 5) is 15.7. The molecule has 0 bridgehead atoms. The van der Waals surface area contributed by atoms with E-state index in [0.29, 0.717) is 18.3 Å². The van der Waals surface area contributed by atoms with Crippen molar-refractivity contribution < 1.29 is 14.3 Å². The minimum atomic E-state index is -0.130. The first-order valence-electron chi connectivity index (χ1n) is 12.0. The Morgan fingerprint density at radius 2 is 1.71 bits per heavy atom. The highest BCUT2D eigenvalue weighted by Crippen LogP contribution is 2.25. The number of ether oxygens (including phenoxy) is 2. The zero-order valence-electron chi connectivity index (χ0n) is 20.3. The Bertz CT molecular complexity index is 1080.